The van der Waals surface area contributed by atoms with Gasteiger partial charge in [0.2, 0.25) is 0 Å². The maximum absolute atomic E-state index is 12.0. The Morgan fingerprint density at radius 1 is 1.25 bits per heavy atom. The number of carbonyl (C=O) groups is 1. The highest BCUT2D eigenvalue weighted by Gasteiger charge is 2.22. The average Bonchev–Trinajstić information content (AvgIpc) is 2.48. The highest BCUT2D eigenvalue weighted by Crippen LogP contribution is 2.11. The van der Waals surface area contributed by atoms with E-state index in [0.717, 1.165) is 6.42 Å². The van der Waals surface area contributed by atoms with Crippen molar-refractivity contribution >= 4 is 45.9 Å². The number of ether oxygens (including phenoxy) is 1. The van der Waals surface area contributed by atoms with E-state index >= 15 is 0 Å². The van der Waals surface area contributed by atoms with Crippen LogP contribution in [0.2, 0.25) is 0 Å². The second-order valence-electron chi connectivity index (χ2n) is 8.16. The topological polar surface area (TPSA) is 100 Å². The fraction of sp³-hybridized carbons (Fsp3) is 0.889. The number of guanidine groups is 1. The zero-order chi connectivity index (χ0) is 21.3. The van der Waals surface area contributed by atoms with Gasteiger partial charge in [0.1, 0.15) is 15.4 Å². The third-order valence-electron chi connectivity index (χ3n) is 3.83. The molecule has 1 unspecified atom stereocenters. The number of alkyl carbamates (subject to hydrolysis) is 1. The first kappa shape index (κ1) is 29.4. The van der Waals surface area contributed by atoms with E-state index in [2.05, 4.69) is 29.5 Å². The van der Waals surface area contributed by atoms with E-state index in [1.165, 1.54) is 6.26 Å². The molecular formula is C18H39IN4O4S. The van der Waals surface area contributed by atoms with Crippen LogP contribution in [0.3, 0.4) is 0 Å². The predicted molar refractivity (Wildman–Crippen MR) is 126 cm³/mol. The van der Waals surface area contributed by atoms with Crippen molar-refractivity contribution in [2.75, 3.05) is 39.2 Å². The van der Waals surface area contributed by atoms with Gasteiger partial charge in [0.05, 0.1) is 5.75 Å². The van der Waals surface area contributed by atoms with Crippen LogP contribution in [0.25, 0.3) is 0 Å². The van der Waals surface area contributed by atoms with Crippen molar-refractivity contribution in [3.63, 3.8) is 0 Å². The van der Waals surface area contributed by atoms with E-state index in [-0.39, 0.29) is 41.7 Å². The molecule has 8 nitrogen and oxygen atoms in total. The molecule has 0 aromatic heterocycles. The molecule has 0 aliphatic rings. The summed E-state index contributed by atoms with van der Waals surface area (Å²) >= 11 is 0. The van der Waals surface area contributed by atoms with Crippen LogP contribution in [-0.4, -0.2) is 76.2 Å². The van der Waals surface area contributed by atoms with E-state index in [1.54, 1.807) is 7.05 Å². The molecule has 0 radical (unpaired) electrons. The first-order valence-corrected chi connectivity index (χ1v) is 11.4. The van der Waals surface area contributed by atoms with Crippen molar-refractivity contribution in [2.45, 2.75) is 59.1 Å². The number of halogens is 1. The summed E-state index contributed by atoms with van der Waals surface area (Å²) in [6, 6.07) is -0.0226. The molecule has 2 N–H and O–H groups in total. The number of carbonyl (C=O) groups excluding carboxylic acids is 1. The molecule has 0 aromatic rings. The molecule has 0 aromatic carbocycles. The van der Waals surface area contributed by atoms with Crippen LogP contribution in [0, 0.1) is 5.92 Å². The molecule has 0 rings (SSSR count). The number of hydrogen-bond donors (Lipinski definition) is 2. The lowest BCUT2D eigenvalue weighted by Crippen LogP contribution is -2.45. The fourth-order valence-electron chi connectivity index (χ4n) is 2.39. The van der Waals surface area contributed by atoms with Crippen LogP contribution in [0.4, 0.5) is 4.79 Å². The van der Waals surface area contributed by atoms with Gasteiger partial charge in [-0.15, -0.1) is 24.0 Å². The molecule has 0 spiro atoms. The molecule has 0 aliphatic heterocycles. The maximum atomic E-state index is 12.0. The van der Waals surface area contributed by atoms with Crippen molar-refractivity contribution in [3.8, 4) is 0 Å². The summed E-state index contributed by atoms with van der Waals surface area (Å²) < 4.78 is 27.7. The van der Waals surface area contributed by atoms with Crippen molar-refractivity contribution in [3.05, 3.63) is 0 Å². The molecular weight excluding hydrogens is 495 g/mol. The van der Waals surface area contributed by atoms with Gasteiger partial charge in [-0.05, 0) is 39.5 Å². The molecule has 0 saturated carbocycles. The molecule has 0 aliphatic carbocycles. The Bertz CT molecular complexity index is 589. The van der Waals surface area contributed by atoms with Crippen molar-refractivity contribution < 1.29 is 17.9 Å². The van der Waals surface area contributed by atoms with Crippen molar-refractivity contribution in [2.24, 2.45) is 10.9 Å². The summed E-state index contributed by atoms with van der Waals surface area (Å²) in [5.74, 6) is 1.11. The van der Waals surface area contributed by atoms with E-state index in [0.29, 0.717) is 25.5 Å². The Morgan fingerprint density at radius 3 is 2.25 bits per heavy atom. The lowest BCUT2D eigenvalue weighted by atomic mass is 10.0. The van der Waals surface area contributed by atoms with Gasteiger partial charge in [-0.2, -0.15) is 0 Å². The summed E-state index contributed by atoms with van der Waals surface area (Å²) in [6.45, 7) is 10.8. The lowest BCUT2D eigenvalue weighted by Gasteiger charge is -2.28. The third-order valence-corrected chi connectivity index (χ3v) is 4.86. The molecule has 0 bridgehead atoms. The summed E-state index contributed by atoms with van der Waals surface area (Å²) in [6.07, 6.45) is 2.09. The second-order valence-corrected chi connectivity index (χ2v) is 10.4. The number of nitrogens with zero attached hydrogens (tertiary/aromatic N) is 2. The Hall–Kier alpha value is -0.780. The molecule has 0 saturated heterocycles. The van der Waals surface area contributed by atoms with Gasteiger partial charge < -0.3 is 20.3 Å². The molecule has 1 atom stereocenters. The molecule has 168 valence electrons. The Kier molecular flexibility index (Phi) is 14.1. The van der Waals surface area contributed by atoms with Crippen LogP contribution in [0.5, 0.6) is 0 Å². The highest BCUT2D eigenvalue weighted by molar-refractivity contribution is 14.0. The van der Waals surface area contributed by atoms with Crippen LogP contribution in [0.15, 0.2) is 4.99 Å². The Balaban J connectivity index is 0. The summed E-state index contributed by atoms with van der Waals surface area (Å²) in [4.78, 5) is 18.2. The zero-order valence-corrected chi connectivity index (χ0v) is 21.7. The Labute approximate surface area is 188 Å². The van der Waals surface area contributed by atoms with Gasteiger partial charge in [-0.3, -0.25) is 4.99 Å². The van der Waals surface area contributed by atoms with E-state index in [9.17, 15) is 13.2 Å². The Morgan fingerprint density at radius 2 is 1.82 bits per heavy atom. The highest BCUT2D eigenvalue weighted by atomic mass is 127. The van der Waals surface area contributed by atoms with E-state index < -0.39 is 21.5 Å². The largest absolute Gasteiger partial charge is 0.444 e. The first-order chi connectivity index (χ1) is 12.2. The molecule has 1 amide bonds. The van der Waals surface area contributed by atoms with Gasteiger partial charge in [0, 0.05) is 39.5 Å². The van der Waals surface area contributed by atoms with Crippen molar-refractivity contribution in [1.29, 1.82) is 0 Å². The first-order valence-electron chi connectivity index (χ1n) is 9.34. The zero-order valence-electron chi connectivity index (χ0n) is 18.5. The van der Waals surface area contributed by atoms with Crippen LogP contribution in [0.1, 0.15) is 47.5 Å². The summed E-state index contributed by atoms with van der Waals surface area (Å²) in [7, 11) is 0.652. The maximum Gasteiger partial charge on any atom is 0.407 e. The third kappa shape index (κ3) is 15.2. The van der Waals surface area contributed by atoms with Crippen LogP contribution < -0.4 is 10.6 Å². The van der Waals surface area contributed by atoms with Gasteiger partial charge in [-0.25, -0.2) is 13.2 Å². The predicted octanol–water partition coefficient (Wildman–Crippen LogP) is 2.49. The molecule has 0 fully saturated rings. The van der Waals surface area contributed by atoms with Gasteiger partial charge in [0.15, 0.2) is 5.96 Å². The molecule has 0 heterocycles. The minimum absolute atomic E-state index is 0. The second kappa shape index (κ2) is 13.4. The van der Waals surface area contributed by atoms with Gasteiger partial charge in [0.25, 0.3) is 0 Å². The quantitative estimate of drug-likeness (QED) is 0.204. The number of amides is 1. The standard InChI is InChI=1S/C18H38N4O4S.HI/c1-14(2)15(21-17(23)26-18(3,4)5)10-12-22(7)16(19-6)20-11-9-13-27(8,24)25;/h14-15H,9-13H2,1-8H3,(H,19,20)(H,21,23);1H. The summed E-state index contributed by atoms with van der Waals surface area (Å²) in [5.41, 5.74) is -0.527. The molecule has 10 heteroatoms. The van der Waals surface area contributed by atoms with E-state index in [1.807, 2.05) is 32.7 Å². The minimum Gasteiger partial charge on any atom is -0.444 e. The number of aliphatic imine (C=N–C) groups is 1. The average molecular weight is 535 g/mol. The van der Waals surface area contributed by atoms with Crippen LogP contribution >= 0.6 is 24.0 Å². The number of nitrogens with one attached hydrogen (secondary N) is 2. The lowest BCUT2D eigenvalue weighted by molar-refractivity contribution is 0.0485. The number of rotatable bonds is 9. The smallest absolute Gasteiger partial charge is 0.407 e. The van der Waals surface area contributed by atoms with Gasteiger partial charge in [-0.1, -0.05) is 13.8 Å². The summed E-state index contributed by atoms with van der Waals surface area (Å²) in [5, 5.41) is 6.11. The van der Waals surface area contributed by atoms with Crippen LogP contribution in [-0.2, 0) is 14.6 Å². The minimum atomic E-state index is -2.95. The van der Waals surface area contributed by atoms with E-state index in [4.69, 9.17) is 4.74 Å². The molecule has 28 heavy (non-hydrogen) atoms. The van der Waals surface area contributed by atoms with Crippen molar-refractivity contribution in [1.82, 2.24) is 15.5 Å². The number of sulfone groups is 1. The monoisotopic (exact) mass is 534 g/mol. The number of hydrogen-bond acceptors (Lipinski definition) is 5. The SMILES string of the molecule is CN=C(NCCCS(C)(=O)=O)N(C)CCC(NC(=O)OC(C)(C)C)C(C)C.I. The fourth-order valence-corrected chi connectivity index (χ4v) is 3.06. The van der Waals surface area contributed by atoms with Gasteiger partial charge >= 0.3 is 6.09 Å². The normalized spacial score (nSPS) is 13.5.